The second-order valence-electron chi connectivity index (χ2n) is 8.29. The second kappa shape index (κ2) is 9.27. The molecule has 2 aliphatic rings. The van der Waals surface area contributed by atoms with E-state index in [4.69, 9.17) is 0 Å². The average molecular weight is 454 g/mol. The molecule has 2 aliphatic heterocycles. The van der Waals surface area contributed by atoms with Gasteiger partial charge in [-0.25, -0.2) is 13.4 Å². The number of aryl methyl sites for hydroxylation is 1. The summed E-state index contributed by atoms with van der Waals surface area (Å²) >= 11 is 0. The number of anilines is 1. The Bertz CT molecular complexity index is 1110. The number of aromatic nitrogens is 1. The first-order valence-electron chi connectivity index (χ1n) is 10.9. The molecule has 1 aromatic heterocycles. The topological polar surface area (TPSA) is 97.6 Å². The van der Waals surface area contributed by atoms with Crippen LogP contribution < -0.4 is 4.90 Å². The Morgan fingerprint density at radius 2 is 1.69 bits per heavy atom. The van der Waals surface area contributed by atoms with E-state index in [0.717, 1.165) is 5.56 Å². The minimum atomic E-state index is -3.53. The molecule has 8 nitrogen and oxygen atoms in total. The van der Waals surface area contributed by atoms with Crippen molar-refractivity contribution in [3.8, 4) is 6.07 Å². The Morgan fingerprint density at radius 3 is 2.31 bits per heavy atom. The molecule has 4 rings (SSSR count). The van der Waals surface area contributed by atoms with Crippen molar-refractivity contribution >= 4 is 21.7 Å². The molecule has 0 unspecified atom stereocenters. The molecule has 2 saturated heterocycles. The van der Waals surface area contributed by atoms with Crippen LogP contribution in [0, 0.1) is 24.2 Å². The Hall–Kier alpha value is -2.96. The molecule has 0 bridgehead atoms. The van der Waals surface area contributed by atoms with Gasteiger partial charge in [-0.1, -0.05) is 17.7 Å². The fraction of sp³-hybridized carbons (Fsp3) is 0.435. The summed E-state index contributed by atoms with van der Waals surface area (Å²) in [7, 11) is -3.53. The van der Waals surface area contributed by atoms with Gasteiger partial charge in [0.1, 0.15) is 11.9 Å². The zero-order valence-electron chi connectivity index (χ0n) is 18.1. The summed E-state index contributed by atoms with van der Waals surface area (Å²) in [4.78, 5) is 21.6. The van der Waals surface area contributed by atoms with Crippen molar-refractivity contribution in [2.45, 2.75) is 24.7 Å². The number of benzene rings is 1. The predicted octanol–water partition coefficient (Wildman–Crippen LogP) is 2.01. The van der Waals surface area contributed by atoms with Crippen LogP contribution in [0.4, 0.5) is 5.82 Å². The largest absolute Gasteiger partial charge is 0.352 e. The van der Waals surface area contributed by atoms with Gasteiger partial charge in [0.25, 0.3) is 0 Å². The minimum absolute atomic E-state index is 0.0959. The molecule has 0 spiro atoms. The summed E-state index contributed by atoms with van der Waals surface area (Å²) in [6.07, 6.45) is 2.73. The van der Waals surface area contributed by atoms with Gasteiger partial charge >= 0.3 is 0 Å². The second-order valence-corrected chi connectivity index (χ2v) is 10.2. The van der Waals surface area contributed by atoms with Gasteiger partial charge in [0.2, 0.25) is 15.9 Å². The molecule has 0 N–H and O–H groups in total. The number of rotatable bonds is 4. The van der Waals surface area contributed by atoms with E-state index in [9.17, 15) is 18.5 Å². The Labute approximate surface area is 189 Å². The number of carbonyl (C=O) groups excluding carboxylic acids is 1. The van der Waals surface area contributed by atoms with Gasteiger partial charge in [0, 0.05) is 51.4 Å². The number of nitrogens with zero attached hydrogens (tertiary/aromatic N) is 5. The maximum atomic E-state index is 13.1. The summed E-state index contributed by atoms with van der Waals surface area (Å²) in [5.41, 5.74) is 1.55. The number of amides is 1. The van der Waals surface area contributed by atoms with Crippen molar-refractivity contribution in [3.63, 3.8) is 0 Å². The highest BCUT2D eigenvalue weighted by atomic mass is 32.2. The van der Waals surface area contributed by atoms with Gasteiger partial charge < -0.3 is 9.80 Å². The van der Waals surface area contributed by atoms with Crippen LogP contribution in [0.1, 0.15) is 24.0 Å². The highest BCUT2D eigenvalue weighted by Gasteiger charge is 2.34. The minimum Gasteiger partial charge on any atom is -0.352 e. The first-order valence-corrected chi connectivity index (χ1v) is 12.3. The zero-order chi connectivity index (χ0) is 22.7. The van der Waals surface area contributed by atoms with Gasteiger partial charge in [0.05, 0.1) is 10.5 Å². The molecule has 0 aliphatic carbocycles. The number of carbonyl (C=O) groups is 1. The lowest BCUT2D eigenvalue weighted by molar-refractivity contribution is -0.137. The Morgan fingerprint density at radius 1 is 1.03 bits per heavy atom. The van der Waals surface area contributed by atoms with Crippen LogP contribution >= 0.6 is 0 Å². The molecule has 9 heteroatoms. The summed E-state index contributed by atoms with van der Waals surface area (Å²) < 4.78 is 27.3. The number of piperidine rings is 1. The molecule has 0 radical (unpaired) electrons. The molecule has 0 saturated carbocycles. The first kappa shape index (κ1) is 22.2. The van der Waals surface area contributed by atoms with E-state index in [1.165, 1.54) is 4.31 Å². The van der Waals surface area contributed by atoms with Crippen molar-refractivity contribution < 1.29 is 13.2 Å². The summed E-state index contributed by atoms with van der Waals surface area (Å²) in [5, 5.41) is 9.30. The molecular formula is C23H27N5O3S. The van der Waals surface area contributed by atoms with Crippen molar-refractivity contribution in [3.05, 3.63) is 53.7 Å². The molecule has 3 heterocycles. The summed E-state index contributed by atoms with van der Waals surface area (Å²) in [5.74, 6) is 0.603. The zero-order valence-corrected chi connectivity index (χ0v) is 19.0. The lowest BCUT2D eigenvalue weighted by Gasteiger charge is -2.38. The lowest BCUT2D eigenvalue weighted by Crippen LogP contribution is -2.52. The van der Waals surface area contributed by atoms with E-state index in [1.54, 1.807) is 42.6 Å². The van der Waals surface area contributed by atoms with Crippen LogP contribution in [0.2, 0.25) is 0 Å². The van der Waals surface area contributed by atoms with Crippen LogP contribution in [0.25, 0.3) is 0 Å². The van der Waals surface area contributed by atoms with E-state index in [0.29, 0.717) is 68.4 Å². The van der Waals surface area contributed by atoms with E-state index in [-0.39, 0.29) is 11.8 Å². The molecule has 1 amide bonds. The van der Waals surface area contributed by atoms with Gasteiger partial charge in [0.15, 0.2) is 0 Å². The molecule has 2 fully saturated rings. The SMILES string of the molecule is Cc1ccc(S(=O)(=O)N2CCC(C(=O)N3CCN(c4ncccc4C#N)CC3)CC2)cc1. The van der Waals surface area contributed by atoms with Crippen LogP contribution in [0.5, 0.6) is 0 Å². The average Bonchev–Trinajstić information content (AvgIpc) is 2.84. The quantitative estimate of drug-likeness (QED) is 0.703. The highest BCUT2D eigenvalue weighted by Crippen LogP contribution is 2.26. The molecule has 168 valence electrons. The van der Waals surface area contributed by atoms with E-state index in [2.05, 4.69) is 11.1 Å². The molecule has 0 atom stereocenters. The smallest absolute Gasteiger partial charge is 0.243 e. The molecule has 2 aromatic rings. The number of nitriles is 1. The number of hydrogen-bond acceptors (Lipinski definition) is 6. The van der Waals surface area contributed by atoms with Crippen molar-refractivity contribution in [1.82, 2.24) is 14.2 Å². The van der Waals surface area contributed by atoms with Crippen LogP contribution in [0.3, 0.4) is 0 Å². The lowest BCUT2D eigenvalue weighted by atomic mass is 9.96. The number of sulfonamides is 1. The van der Waals surface area contributed by atoms with Gasteiger partial charge in [-0.05, 0) is 44.0 Å². The fourth-order valence-corrected chi connectivity index (χ4v) is 5.81. The molecule has 1 aromatic carbocycles. The third kappa shape index (κ3) is 4.47. The normalized spacial score (nSPS) is 18.4. The van der Waals surface area contributed by atoms with Gasteiger partial charge in [-0.2, -0.15) is 9.57 Å². The summed E-state index contributed by atoms with van der Waals surface area (Å²) in [6.45, 7) is 5.02. The number of hydrogen-bond donors (Lipinski definition) is 0. The molecular weight excluding hydrogens is 426 g/mol. The Balaban J connectivity index is 1.32. The fourth-order valence-electron chi connectivity index (χ4n) is 4.34. The third-order valence-electron chi connectivity index (χ3n) is 6.26. The maximum Gasteiger partial charge on any atom is 0.243 e. The number of pyridine rings is 1. The standard InChI is InChI=1S/C23H27N5O3S/c1-18-4-6-21(7-5-18)32(30,31)28-11-8-19(9-12-28)23(29)27-15-13-26(14-16-27)22-20(17-24)3-2-10-25-22/h2-7,10,19H,8-9,11-16H2,1H3. The summed E-state index contributed by atoms with van der Waals surface area (Å²) in [6, 6.07) is 12.5. The van der Waals surface area contributed by atoms with E-state index < -0.39 is 10.0 Å². The van der Waals surface area contributed by atoms with Crippen LogP contribution in [0.15, 0.2) is 47.5 Å². The van der Waals surface area contributed by atoms with Crippen LogP contribution in [-0.4, -0.2) is 67.8 Å². The van der Waals surface area contributed by atoms with Gasteiger partial charge in [-0.3, -0.25) is 4.79 Å². The van der Waals surface area contributed by atoms with Crippen molar-refractivity contribution in [2.75, 3.05) is 44.2 Å². The molecule has 32 heavy (non-hydrogen) atoms. The van der Waals surface area contributed by atoms with E-state index in [1.807, 2.05) is 16.7 Å². The Kier molecular flexibility index (Phi) is 6.44. The third-order valence-corrected chi connectivity index (χ3v) is 8.17. The number of piperazine rings is 1. The first-order chi connectivity index (χ1) is 15.4. The van der Waals surface area contributed by atoms with E-state index >= 15 is 0 Å². The van der Waals surface area contributed by atoms with Crippen LogP contribution in [-0.2, 0) is 14.8 Å². The predicted molar refractivity (Wildman–Crippen MR) is 120 cm³/mol. The van der Waals surface area contributed by atoms with Gasteiger partial charge in [-0.15, -0.1) is 0 Å². The monoisotopic (exact) mass is 453 g/mol. The highest BCUT2D eigenvalue weighted by molar-refractivity contribution is 7.89. The van der Waals surface area contributed by atoms with Crippen molar-refractivity contribution in [2.24, 2.45) is 5.92 Å². The maximum absolute atomic E-state index is 13.1. The van der Waals surface area contributed by atoms with Crippen molar-refractivity contribution in [1.29, 1.82) is 5.26 Å².